The first-order chi connectivity index (χ1) is 13.1. The van der Waals surface area contributed by atoms with Gasteiger partial charge in [-0.25, -0.2) is 4.98 Å². The van der Waals surface area contributed by atoms with Crippen molar-refractivity contribution >= 4 is 27.5 Å². The number of likely N-dealkylation sites (N-methyl/N-ethyl adjacent to an activating group) is 1. The lowest BCUT2D eigenvalue weighted by molar-refractivity contribution is -0.136. The molecule has 0 radical (unpaired) electrons. The van der Waals surface area contributed by atoms with E-state index >= 15 is 0 Å². The number of nitrogens with one attached hydrogen (secondary N) is 1. The lowest BCUT2D eigenvalue weighted by atomic mass is 10.2. The maximum Gasteiger partial charge on any atom is 0.260 e. The Balaban J connectivity index is 1.49. The van der Waals surface area contributed by atoms with Gasteiger partial charge in [-0.2, -0.15) is 0 Å². The van der Waals surface area contributed by atoms with Gasteiger partial charge in [-0.3, -0.25) is 14.5 Å². The average Bonchev–Trinajstić information content (AvgIpc) is 3.31. The van der Waals surface area contributed by atoms with Gasteiger partial charge in [0.05, 0.1) is 38.0 Å². The Kier molecular flexibility index (Phi) is 5.06. The van der Waals surface area contributed by atoms with Crippen LogP contribution in [-0.4, -0.2) is 65.6 Å². The number of hydrogen-bond donors (Lipinski definition) is 1. The summed E-state index contributed by atoms with van der Waals surface area (Å²) in [6.45, 7) is 3.06. The highest BCUT2D eigenvalue weighted by Crippen LogP contribution is 2.30. The van der Waals surface area contributed by atoms with E-state index in [9.17, 15) is 9.59 Å². The van der Waals surface area contributed by atoms with Gasteiger partial charge in [0.2, 0.25) is 5.91 Å². The first-order valence-corrected chi connectivity index (χ1v) is 9.58. The highest BCUT2D eigenvalue weighted by molar-refractivity contribution is 7.17. The highest BCUT2D eigenvalue weighted by atomic mass is 32.1. The van der Waals surface area contributed by atoms with Gasteiger partial charge in [0, 0.05) is 24.0 Å². The van der Waals surface area contributed by atoms with Crippen LogP contribution in [0.5, 0.6) is 0 Å². The number of morpholine rings is 1. The second kappa shape index (κ2) is 7.63. The molecular formula is C18H20N4O4S. The number of thiophene rings is 1. The van der Waals surface area contributed by atoms with Gasteiger partial charge in [0.15, 0.2) is 0 Å². The fourth-order valence-electron chi connectivity index (χ4n) is 3.14. The van der Waals surface area contributed by atoms with Crippen molar-refractivity contribution in [3.8, 4) is 11.3 Å². The van der Waals surface area contributed by atoms with Crippen molar-refractivity contribution in [2.75, 3.05) is 39.9 Å². The van der Waals surface area contributed by atoms with Crippen LogP contribution < -0.4 is 5.56 Å². The molecule has 0 atom stereocenters. The Morgan fingerprint density at radius 2 is 2.22 bits per heavy atom. The number of ether oxygens (including phenoxy) is 1. The van der Waals surface area contributed by atoms with Crippen LogP contribution >= 0.6 is 11.3 Å². The summed E-state index contributed by atoms with van der Waals surface area (Å²) in [5.74, 6) is 1.24. The van der Waals surface area contributed by atoms with Crippen LogP contribution in [0.4, 0.5) is 0 Å². The number of carbonyl (C=O) groups excluding carboxylic acids is 1. The Hall–Kier alpha value is -2.49. The zero-order valence-corrected chi connectivity index (χ0v) is 15.8. The van der Waals surface area contributed by atoms with Crippen LogP contribution in [0.15, 0.2) is 33.0 Å². The van der Waals surface area contributed by atoms with Crippen LogP contribution in [0.2, 0.25) is 0 Å². The lowest BCUT2D eigenvalue weighted by Crippen LogP contribution is -2.45. The Morgan fingerprint density at radius 3 is 2.96 bits per heavy atom. The molecular weight excluding hydrogens is 368 g/mol. The number of amides is 1. The molecule has 1 fully saturated rings. The first-order valence-electron chi connectivity index (χ1n) is 8.70. The second-order valence-electron chi connectivity index (χ2n) is 6.48. The normalized spacial score (nSPS) is 15.0. The molecule has 27 heavy (non-hydrogen) atoms. The summed E-state index contributed by atoms with van der Waals surface area (Å²) < 4.78 is 10.7. The number of nitrogens with zero attached hydrogens (tertiary/aromatic N) is 3. The number of aromatic amines is 1. The molecule has 3 aromatic rings. The van der Waals surface area contributed by atoms with E-state index in [1.54, 1.807) is 17.2 Å². The molecule has 1 aliphatic rings. The summed E-state index contributed by atoms with van der Waals surface area (Å²) >= 11 is 1.41. The summed E-state index contributed by atoms with van der Waals surface area (Å²) in [6, 6.07) is 3.61. The van der Waals surface area contributed by atoms with Crippen LogP contribution in [0.25, 0.3) is 21.5 Å². The summed E-state index contributed by atoms with van der Waals surface area (Å²) in [6.07, 6.45) is 1.58. The molecule has 0 aromatic carbocycles. The molecule has 0 saturated carbocycles. The molecule has 1 N–H and O–H groups in total. The predicted octanol–water partition coefficient (Wildman–Crippen LogP) is 1.54. The zero-order chi connectivity index (χ0) is 18.8. The van der Waals surface area contributed by atoms with Crippen LogP contribution in [0.3, 0.4) is 0 Å². The van der Waals surface area contributed by atoms with Crippen LogP contribution in [0.1, 0.15) is 5.82 Å². The number of hydrogen-bond acceptors (Lipinski definition) is 7. The molecule has 9 heteroatoms. The third kappa shape index (κ3) is 3.80. The lowest BCUT2D eigenvalue weighted by Gasteiger charge is -2.28. The summed E-state index contributed by atoms with van der Waals surface area (Å²) in [5.41, 5.74) is 0.548. The van der Waals surface area contributed by atoms with E-state index in [0.717, 1.165) is 5.56 Å². The molecule has 0 bridgehead atoms. The van der Waals surface area contributed by atoms with Crippen molar-refractivity contribution in [1.29, 1.82) is 0 Å². The van der Waals surface area contributed by atoms with Crippen LogP contribution in [0, 0.1) is 0 Å². The van der Waals surface area contributed by atoms with Crippen molar-refractivity contribution in [2.45, 2.75) is 6.54 Å². The van der Waals surface area contributed by atoms with Gasteiger partial charge in [-0.1, -0.05) is 0 Å². The number of carbonyl (C=O) groups is 1. The highest BCUT2D eigenvalue weighted by Gasteiger charge is 2.19. The van der Waals surface area contributed by atoms with E-state index in [2.05, 4.69) is 9.97 Å². The standard InChI is InChI=1S/C18H20N4O4S/c1-21(10-15(23)22-4-7-25-8-5-22)9-14-19-17(24)16-12(11-27-18(16)20-14)13-3-2-6-26-13/h2-3,6,11H,4-5,7-10H2,1H3,(H,19,20,24). The van der Waals surface area contributed by atoms with Crippen molar-refractivity contribution in [2.24, 2.45) is 0 Å². The molecule has 0 unspecified atom stereocenters. The van der Waals surface area contributed by atoms with Crippen molar-refractivity contribution in [1.82, 2.24) is 19.8 Å². The molecule has 142 valence electrons. The first kappa shape index (κ1) is 17.9. The largest absolute Gasteiger partial charge is 0.464 e. The monoisotopic (exact) mass is 388 g/mol. The summed E-state index contributed by atoms with van der Waals surface area (Å²) in [5, 5.41) is 2.41. The van der Waals surface area contributed by atoms with Crippen molar-refractivity contribution in [3.05, 3.63) is 40.0 Å². The molecule has 3 aromatic heterocycles. The number of furan rings is 1. The molecule has 8 nitrogen and oxygen atoms in total. The van der Waals surface area contributed by atoms with Gasteiger partial charge in [0.1, 0.15) is 16.4 Å². The SMILES string of the molecule is CN(CC(=O)N1CCOCC1)Cc1nc2scc(-c3ccco3)c2c(=O)[nH]1. The van der Waals surface area contributed by atoms with Crippen LogP contribution in [-0.2, 0) is 16.1 Å². The van der Waals surface area contributed by atoms with Gasteiger partial charge >= 0.3 is 0 Å². The fraction of sp³-hybridized carbons (Fsp3) is 0.389. The molecule has 1 saturated heterocycles. The average molecular weight is 388 g/mol. The van der Waals surface area contributed by atoms with Crippen molar-refractivity contribution < 1.29 is 13.9 Å². The van der Waals surface area contributed by atoms with E-state index in [4.69, 9.17) is 9.15 Å². The van der Waals surface area contributed by atoms with Crippen molar-refractivity contribution in [3.63, 3.8) is 0 Å². The number of aromatic nitrogens is 2. The van der Waals surface area contributed by atoms with E-state index in [0.29, 0.717) is 54.6 Å². The maximum absolute atomic E-state index is 12.6. The van der Waals surface area contributed by atoms with Gasteiger partial charge in [-0.05, 0) is 19.2 Å². The minimum absolute atomic E-state index is 0.0560. The van der Waals surface area contributed by atoms with E-state index in [-0.39, 0.29) is 18.0 Å². The Bertz CT molecular complexity index is 989. The Morgan fingerprint density at radius 1 is 1.41 bits per heavy atom. The number of H-pyrrole nitrogens is 1. The van der Waals surface area contributed by atoms with E-state index in [1.165, 1.54) is 11.3 Å². The van der Waals surface area contributed by atoms with Gasteiger partial charge in [-0.15, -0.1) is 11.3 Å². The summed E-state index contributed by atoms with van der Waals surface area (Å²) in [4.78, 5) is 36.6. The molecule has 4 heterocycles. The van der Waals surface area contributed by atoms with Gasteiger partial charge < -0.3 is 19.0 Å². The third-order valence-electron chi connectivity index (χ3n) is 4.47. The molecule has 1 aliphatic heterocycles. The quantitative estimate of drug-likeness (QED) is 0.713. The van der Waals surface area contributed by atoms with E-state index in [1.807, 2.05) is 23.4 Å². The van der Waals surface area contributed by atoms with E-state index < -0.39 is 0 Å². The predicted molar refractivity (Wildman–Crippen MR) is 102 cm³/mol. The maximum atomic E-state index is 12.6. The minimum atomic E-state index is -0.199. The molecule has 0 spiro atoms. The number of rotatable bonds is 5. The second-order valence-corrected chi connectivity index (χ2v) is 7.34. The fourth-order valence-corrected chi connectivity index (χ4v) is 4.08. The minimum Gasteiger partial charge on any atom is -0.464 e. The Labute approximate surface area is 159 Å². The zero-order valence-electron chi connectivity index (χ0n) is 14.9. The molecule has 0 aliphatic carbocycles. The topological polar surface area (TPSA) is 91.7 Å². The van der Waals surface area contributed by atoms with Gasteiger partial charge in [0.25, 0.3) is 5.56 Å². The number of fused-ring (bicyclic) bond motifs is 1. The molecule has 4 rings (SSSR count). The summed E-state index contributed by atoms with van der Waals surface area (Å²) in [7, 11) is 1.84. The molecule has 1 amide bonds. The smallest absolute Gasteiger partial charge is 0.260 e. The third-order valence-corrected chi connectivity index (χ3v) is 5.34.